The lowest BCUT2D eigenvalue weighted by molar-refractivity contribution is 0.373. The van der Waals surface area contributed by atoms with Crippen LogP contribution in [0.15, 0.2) is 10.6 Å². The van der Waals surface area contributed by atoms with Crippen LogP contribution in [0.3, 0.4) is 0 Å². The van der Waals surface area contributed by atoms with Crippen molar-refractivity contribution in [3.63, 3.8) is 0 Å². The molecule has 1 saturated heterocycles. The van der Waals surface area contributed by atoms with Crippen molar-refractivity contribution >= 4 is 0 Å². The number of nitrogens with one attached hydrogen (secondary N) is 1. The van der Waals surface area contributed by atoms with Crippen molar-refractivity contribution in [3.8, 4) is 0 Å². The lowest BCUT2D eigenvalue weighted by Gasteiger charge is -2.07. The fourth-order valence-electron chi connectivity index (χ4n) is 2.25. The molecule has 0 amide bonds. The van der Waals surface area contributed by atoms with Gasteiger partial charge in [0, 0.05) is 25.9 Å². The van der Waals surface area contributed by atoms with Crippen LogP contribution < -0.4 is 5.32 Å². The fourth-order valence-corrected chi connectivity index (χ4v) is 2.25. The van der Waals surface area contributed by atoms with Gasteiger partial charge in [0.15, 0.2) is 5.89 Å². The van der Waals surface area contributed by atoms with Crippen molar-refractivity contribution in [2.24, 2.45) is 5.92 Å². The average Bonchev–Trinajstić information content (AvgIpc) is 2.86. The Bertz CT molecular complexity index is 324. The van der Waals surface area contributed by atoms with Crippen molar-refractivity contribution in [2.45, 2.75) is 19.3 Å². The van der Waals surface area contributed by atoms with Gasteiger partial charge in [0.2, 0.25) is 0 Å². The molecule has 4 heteroatoms. The van der Waals surface area contributed by atoms with Crippen LogP contribution in [-0.4, -0.2) is 43.6 Å². The van der Waals surface area contributed by atoms with Crippen LogP contribution in [0, 0.1) is 5.92 Å². The summed E-state index contributed by atoms with van der Waals surface area (Å²) in [5.74, 6) is 2.63. The molecule has 1 aromatic heterocycles. The highest BCUT2D eigenvalue weighted by molar-refractivity contribution is 4.96. The maximum atomic E-state index is 5.71. The molecule has 90 valence electrons. The smallest absolute Gasteiger partial charge is 0.194 e. The molecule has 1 N–H and O–H groups in total. The van der Waals surface area contributed by atoms with Crippen LogP contribution in [0.25, 0.3) is 0 Å². The summed E-state index contributed by atoms with van der Waals surface area (Å²) >= 11 is 0. The SMILES string of the molecule is CNCCc1cnc(CC2CCN(C)C2)o1. The van der Waals surface area contributed by atoms with E-state index in [1.54, 1.807) is 0 Å². The van der Waals surface area contributed by atoms with E-state index < -0.39 is 0 Å². The summed E-state index contributed by atoms with van der Waals surface area (Å²) in [5.41, 5.74) is 0. The predicted octanol–water partition coefficient (Wildman–Crippen LogP) is 0.931. The van der Waals surface area contributed by atoms with Gasteiger partial charge >= 0.3 is 0 Å². The normalized spacial score (nSPS) is 21.8. The van der Waals surface area contributed by atoms with Crippen molar-refractivity contribution in [3.05, 3.63) is 17.8 Å². The van der Waals surface area contributed by atoms with E-state index in [9.17, 15) is 0 Å². The maximum absolute atomic E-state index is 5.71. The summed E-state index contributed by atoms with van der Waals surface area (Å²) in [4.78, 5) is 6.72. The molecular weight excluding hydrogens is 202 g/mol. The van der Waals surface area contributed by atoms with E-state index in [1.165, 1.54) is 19.5 Å². The highest BCUT2D eigenvalue weighted by Crippen LogP contribution is 2.19. The first-order chi connectivity index (χ1) is 7.78. The van der Waals surface area contributed by atoms with E-state index in [4.69, 9.17) is 4.42 Å². The molecule has 1 fully saturated rings. The van der Waals surface area contributed by atoms with E-state index in [0.717, 1.165) is 37.0 Å². The van der Waals surface area contributed by atoms with Crippen LogP contribution in [0.4, 0.5) is 0 Å². The minimum Gasteiger partial charge on any atom is -0.446 e. The molecule has 0 aromatic carbocycles. The highest BCUT2D eigenvalue weighted by Gasteiger charge is 2.21. The van der Waals surface area contributed by atoms with Crippen LogP contribution in [0.2, 0.25) is 0 Å². The largest absolute Gasteiger partial charge is 0.446 e. The van der Waals surface area contributed by atoms with E-state index in [-0.39, 0.29) is 0 Å². The molecule has 1 unspecified atom stereocenters. The second-order valence-electron chi connectivity index (χ2n) is 4.69. The highest BCUT2D eigenvalue weighted by atomic mass is 16.4. The molecule has 1 aliphatic rings. The van der Waals surface area contributed by atoms with Crippen LogP contribution in [0.5, 0.6) is 0 Å². The summed E-state index contributed by atoms with van der Waals surface area (Å²) in [5, 5.41) is 3.11. The van der Waals surface area contributed by atoms with Crippen LogP contribution in [0.1, 0.15) is 18.1 Å². The van der Waals surface area contributed by atoms with Crippen molar-refractivity contribution < 1.29 is 4.42 Å². The molecule has 16 heavy (non-hydrogen) atoms. The number of oxazole rings is 1. The van der Waals surface area contributed by atoms with Gasteiger partial charge in [0.25, 0.3) is 0 Å². The molecule has 0 bridgehead atoms. The predicted molar refractivity (Wildman–Crippen MR) is 63.4 cm³/mol. The van der Waals surface area contributed by atoms with Crippen molar-refractivity contribution in [2.75, 3.05) is 33.7 Å². The quantitative estimate of drug-likeness (QED) is 0.806. The number of likely N-dealkylation sites (N-methyl/N-ethyl adjacent to an activating group) is 1. The summed E-state index contributed by atoms with van der Waals surface area (Å²) in [6, 6.07) is 0. The summed E-state index contributed by atoms with van der Waals surface area (Å²) in [6.07, 6.45) is 5.05. The van der Waals surface area contributed by atoms with Crippen LogP contribution in [-0.2, 0) is 12.8 Å². The van der Waals surface area contributed by atoms with E-state index in [2.05, 4.69) is 22.2 Å². The minimum atomic E-state index is 0.723. The Morgan fingerprint density at radius 1 is 1.62 bits per heavy atom. The number of hydrogen-bond acceptors (Lipinski definition) is 4. The zero-order valence-corrected chi connectivity index (χ0v) is 10.2. The van der Waals surface area contributed by atoms with Gasteiger partial charge in [-0.2, -0.15) is 0 Å². The third-order valence-electron chi connectivity index (χ3n) is 3.18. The Kier molecular flexibility index (Phi) is 3.96. The Hall–Kier alpha value is -0.870. The van der Waals surface area contributed by atoms with E-state index >= 15 is 0 Å². The number of nitrogens with zero attached hydrogens (tertiary/aromatic N) is 2. The molecule has 1 aromatic rings. The van der Waals surface area contributed by atoms with Crippen LogP contribution >= 0.6 is 0 Å². The Morgan fingerprint density at radius 3 is 3.19 bits per heavy atom. The molecule has 0 radical (unpaired) electrons. The zero-order chi connectivity index (χ0) is 11.4. The first kappa shape index (κ1) is 11.6. The third-order valence-corrected chi connectivity index (χ3v) is 3.18. The van der Waals surface area contributed by atoms with Gasteiger partial charge in [-0.3, -0.25) is 0 Å². The summed E-state index contributed by atoms with van der Waals surface area (Å²) in [7, 11) is 4.12. The lowest BCUT2D eigenvalue weighted by Crippen LogP contribution is -2.15. The fraction of sp³-hybridized carbons (Fsp3) is 0.750. The van der Waals surface area contributed by atoms with Gasteiger partial charge in [-0.05, 0) is 33.0 Å². The molecule has 4 nitrogen and oxygen atoms in total. The third kappa shape index (κ3) is 3.06. The second-order valence-corrected chi connectivity index (χ2v) is 4.69. The topological polar surface area (TPSA) is 41.3 Å². The van der Waals surface area contributed by atoms with Gasteiger partial charge in [0.1, 0.15) is 5.76 Å². The Labute approximate surface area is 97.0 Å². The maximum Gasteiger partial charge on any atom is 0.194 e. The Morgan fingerprint density at radius 2 is 2.50 bits per heavy atom. The molecule has 1 aliphatic heterocycles. The first-order valence-electron chi connectivity index (χ1n) is 6.04. The number of likely N-dealkylation sites (tertiary alicyclic amines) is 1. The number of rotatable bonds is 5. The second kappa shape index (κ2) is 5.46. The van der Waals surface area contributed by atoms with Crippen molar-refractivity contribution in [1.82, 2.24) is 15.2 Å². The molecule has 0 spiro atoms. The number of hydrogen-bond donors (Lipinski definition) is 1. The molecule has 2 heterocycles. The van der Waals surface area contributed by atoms with E-state index in [1.807, 2.05) is 13.2 Å². The summed E-state index contributed by atoms with van der Waals surface area (Å²) in [6.45, 7) is 3.33. The average molecular weight is 223 g/mol. The van der Waals surface area contributed by atoms with Gasteiger partial charge < -0.3 is 14.6 Å². The molecule has 2 rings (SSSR count). The monoisotopic (exact) mass is 223 g/mol. The van der Waals surface area contributed by atoms with Gasteiger partial charge in [-0.15, -0.1) is 0 Å². The summed E-state index contributed by atoms with van der Waals surface area (Å²) < 4.78 is 5.71. The molecular formula is C12H21N3O. The molecule has 1 atom stereocenters. The zero-order valence-electron chi connectivity index (χ0n) is 10.2. The minimum absolute atomic E-state index is 0.723. The van der Waals surface area contributed by atoms with Gasteiger partial charge in [-0.25, -0.2) is 4.98 Å². The van der Waals surface area contributed by atoms with Crippen molar-refractivity contribution in [1.29, 1.82) is 0 Å². The standard InChI is InChI=1S/C12H21N3O/c1-13-5-3-11-8-14-12(16-11)7-10-4-6-15(2)9-10/h8,10,13H,3-7,9H2,1-2H3. The molecule has 0 saturated carbocycles. The molecule has 0 aliphatic carbocycles. The first-order valence-corrected chi connectivity index (χ1v) is 6.04. The van der Waals surface area contributed by atoms with Gasteiger partial charge in [0.05, 0.1) is 6.20 Å². The lowest BCUT2D eigenvalue weighted by atomic mass is 10.1. The van der Waals surface area contributed by atoms with E-state index in [0.29, 0.717) is 0 Å². The Balaban J connectivity index is 1.83. The van der Waals surface area contributed by atoms with Gasteiger partial charge in [-0.1, -0.05) is 0 Å². The number of aromatic nitrogens is 1.